The average Bonchev–Trinajstić information content (AvgIpc) is 2.96. The first-order valence-corrected chi connectivity index (χ1v) is 6.30. The van der Waals surface area contributed by atoms with E-state index >= 15 is 0 Å². The molecule has 0 bridgehead atoms. The highest BCUT2D eigenvalue weighted by Crippen LogP contribution is 2.27. The van der Waals surface area contributed by atoms with Crippen LogP contribution in [0.3, 0.4) is 0 Å². The quantitative estimate of drug-likeness (QED) is 0.843. The molecule has 1 aromatic rings. The number of hydrogen-bond donors (Lipinski definition) is 1. The monoisotopic (exact) mass is 301 g/mol. The van der Waals surface area contributed by atoms with E-state index in [4.69, 9.17) is 0 Å². The molecule has 14 heavy (non-hydrogen) atoms. The van der Waals surface area contributed by atoms with Gasteiger partial charge in [-0.25, -0.2) is 0 Å². The first kappa shape index (κ1) is 10.4. The summed E-state index contributed by atoms with van der Waals surface area (Å²) >= 11 is 2.44. The maximum absolute atomic E-state index is 3.53. The van der Waals surface area contributed by atoms with Gasteiger partial charge in [0.05, 0.1) is 0 Å². The summed E-state index contributed by atoms with van der Waals surface area (Å²) in [6.45, 7) is 4.40. The summed E-state index contributed by atoms with van der Waals surface area (Å²) in [4.78, 5) is 0. The van der Waals surface area contributed by atoms with Crippen LogP contribution in [0.25, 0.3) is 0 Å². The first-order valence-electron chi connectivity index (χ1n) is 5.22. The first-order chi connectivity index (χ1) is 6.77. The molecule has 0 spiro atoms. The summed E-state index contributed by atoms with van der Waals surface area (Å²) in [7, 11) is 0. The van der Waals surface area contributed by atoms with Crippen molar-refractivity contribution in [2.24, 2.45) is 5.92 Å². The maximum atomic E-state index is 3.53. The summed E-state index contributed by atoms with van der Waals surface area (Å²) in [6, 6.07) is 6.53. The third-order valence-electron chi connectivity index (χ3n) is 2.72. The molecule has 0 radical (unpaired) electrons. The highest BCUT2D eigenvalue weighted by molar-refractivity contribution is 14.1. The third-order valence-corrected chi connectivity index (χ3v) is 4.26. The zero-order chi connectivity index (χ0) is 9.97. The van der Waals surface area contributed by atoms with E-state index in [0.29, 0.717) is 0 Å². The lowest BCUT2D eigenvalue weighted by Crippen LogP contribution is -2.16. The molecule has 0 unspecified atom stereocenters. The molecular formula is C12H16IN. The Balaban J connectivity index is 1.90. The van der Waals surface area contributed by atoms with Gasteiger partial charge in [-0.3, -0.25) is 0 Å². The molecule has 1 aliphatic rings. The van der Waals surface area contributed by atoms with Crippen molar-refractivity contribution in [1.29, 1.82) is 0 Å². The molecule has 1 saturated carbocycles. The number of nitrogens with one attached hydrogen (secondary N) is 1. The number of rotatable bonds is 4. The van der Waals surface area contributed by atoms with Gasteiger partial charge in [-0.15, -0.1) is 0 Å². The molecule has 1 N–H and O–H groups in total. The lowest BCUT2D eigenvalue weighted by Gasteiger charge is -2.08. The second-order valence-corrected chi connectivity index (χ2v) is 5.20. The van der Waals surface area contributed by atoms with Crippen molar-refractivity contribution in [1.82, 2.24) is 5.32 Å². The maximum Gasteiger partial charge on any atom is 0.0216 e. The molecule has 1 fully saturated rings. The van der Waals surface area contributed by atoms with Crippen molar-refractivity contribution in [2.45, 2.75) is 26.3 Å². The minimum atomic E-state index is 0.970. The van der Waals surface area contributed by atoms with Gasteiger partial charge < -0.3 is 5.32 Å². The van der Waals surface area contributed by atoms with Crippen molar-refractivity contribution >= 4 is 22.6 Å². The fraction of sp³-hybridized carbons (Fsp3) is 0.500. The molecule has 0 heterocycles. The Morgan fingerprint density at radius 1 is 1.43 bits per heavy atom. The van der Waals surface area contributed by atoms with Gasteiger partial charge in [0.1, 0.15) is 0 Å². The predicted molar refractivity (Wildman–Crippen MR) is 68.3 cm³/mol. The standard InChI is InChI=1S/C12H16IN/c1-9-3-2-4-11(12(9)13)8-14-7-10-5-6-10/h2-4,10,14H,5-8H2,1H3. The molecule has 0 amide bonds. The second-order valence-electron chi connectivity index (χ2n) is 4.12. The Labute approximate surface area is 99.4 Å². The molecule has 0 aromatic heterocycles. The molecule has 1 nitrogen and oxygen atoms in total. The highest BCUT2D eigenvalue weighted by Gasteiger charge is 2.20. The number of hydrogen-bond acceptors (Lipinski definition) is 1. The Morgan fingerprint density at radius 3 is 2.93 bits per heavy atom. The Morgan fingerprint density at radius 2 is 2.21 bits per heavy atom. The Kier molecular flexibility index (Phi) is 3.44. The normalized spacial score (nSPS) is 15.9. The van der Waals surface area contributed by atoms with Crippen molar-refractivity contribution in [3.63, 3.8) is 0 Å². The van der Waals surface area contributed by atoms with Gasteiger partial charge in [-0.05, 0) is 65.9 Å². The summed E-state index contributed by atoms with van der Waals surface area (Å²) in [5, 5.41) is 3.53. The molecule has 0 saturated heterocycles. The largest absolute Gasteiger partial charge is 0.312 e. The third kappa shape index (κ3) is 2.70. The molecule has 2 rings (SSSR count). The number of benzene rings is 1. The van der Waals surface area contributed by atoms with Crippen LogP contribution in [0.15, 0.2) is 18.2 Å². The van der Waals surface area contributed by atoms with Gasteiger partial charge in [-0.1, -0.05) is 18.2 Å². The SMILES string of the molecule is Cc1cccc(CNCC2CC2)c1I. The van der Waals surface area contributed by atoms with Crippen LogP contribution in [-0.2, 0) is 6.54 Å². The van der Waals surface area contributed by atoms with E-state index in [1.54, 1.807) is 0 Å². The summed E-state index contributed by atoms with van der Waals surface area (Å²) in [5.74, 6) is 0.970. The molecule has 0 atom stereocenters. The second kappa shape index (κ2) is 4.62. The minimum absolute atomic E-state index is 0.970. The molecule has 1 aromatic carbocycles. The van der Waals surface area contributed by atoms with Gasteiger partial charge >= 0.3 is 0 Å². The summed E-state index contributed by atoms with van der Waals surface area (Å²) in [5.41, 5.74) is 2.82. The van der Waals surface area contributed by atoms with Gasteiger partial charge in [0.2, 0.25) is 0 Å². The predicted octanol–water partition coefficient (Wildman–Crippen LogP) is 3.10. The fourth-order valence-electron chi connectivity index (χ4n) is 1.58. The van der Waals surface area contributed by atoms with Crippen molar-refractivity contribution in [3.8, 4) is 0 Å². The zero-order valence-corrected chi connectivity index (χ0v) is 10.7. The van der Waals surface area contributed by atoms with Crippen molar-refractivity contribution < 1.29 is 0 Å². The zero-order valence-electron chi connectivity index (χ0n) is 8.52. The minimum Gasteiger partial charge on any atom is -0.312 e. The topological polar surface area (TPSA) is 12.0 Å². The Hall–Kier alpha value is -0.0900. The highest BCUT2D eigenvalue weighted by atomic mass is 127. The van der Waals surface area contributed by atoms with Crippen molar-refractivity contribution in [2.75, 3.05) is 6.54 Å². The molecule has 0 aliphatic heterocycles. The number of aryl methyl sites for hydroxylation is 1. The number of halogens is 1. The van der Waals surface area contributed by atoms with E-state index in [9.17, 15) is 0 Å². The Bertz CT molecular complexity index is 318. The van der Waals surface area contributed by atoms with Crippen LogP contribution in [0, 0.1) is 16.4 Å². The van der Waals surface area contributed by atoms with Crippen LogP contribution in [0.5, 0.6) is 0 Å². The van der Waals surface area contributed by atoms with E-state index in [-0.39, 0.29) is 0 Å². The average molecular weight is 301 g/mol. The van der Waals surface area contributed by atoms with Crippen LogP contribution >= 0.6 is 22.6 Å². The van der Waals surface area contributed by atoms with Crippen LogP contribution in [0.1, 0.15) is 24.0 Å². The van der Waals surface area contributed by atoms with E-state index in [0.717, 1.165) is 12.5 Å². The van der Waals surface area contributed by atoms with Crippen LogP contribution in [-0.4, -0.2) is 6.54 Å². The van der Waals surface area contributed by atoms with Crippen molar-refractivity contribution in [3.05, 3.63) is 32.9 Å². The van der Waals surface area contributed by atoms with Gasteiger partial charge in [0.25, 0.3) is 0 Å². The van der Waals surface area contributed by atoms with Crippen LogP contribution < -0.4 is 5.32 Å². The van der Waals surface area contributed by atoms with E-state index < -0.39 is 0 Å². The van der Waals surface area contributed by atoms with Crippen LogP contribution in [0.2, 0.25) is 0 Å². The molecule has 2 heteroatoms. The van der Waals surface area contributed by atoms with Gasteiger partial charge in [0, 0.05) is 10.1 Å². The lowest BCUT2D eigenvalue weighted by atomic mass is 10.1. The van der Waals surface area contributed by atoms with E-state index in [1.165, 1.54) is 34.1 Å². The van der Waals surface area contributed by atoms with E-state index in [1.807, 2.05) is 0 Å². The van der Waals surface area contributed by atoms with Gasteiger partial charge in [-0.2, -0.15) is 0 Å². The lowest BCUT2D eigenvalue weighted by molar-refractivity contribution is 0.637. The fourth-order valence-corrected chi connectivity index (χ4v) is 2.13. The molecule has 76 valence electrons. The smallest absolute Gasteiger partial charge is 0.0216 e. The molecular weight excluding hydrogens is 285 g/mol. The van der Waals surface area contributed by atoms with Crippen LogP contribution in [0.4, 0.5) is 0 Å². The summed E-state index contributed by atoms with van der Waals surface area (Å²) in [6.07, 6.45) is 2.86. The van der Waals surface area contributed by atoms with E-state index in [2.05, 4.69) is 53.0 Å². The van der Waals surface area contributed by atoms with Gasteiger partial charge in [0.15, 0.2) is 0 Å². The molecule has 1 aliphatic carbocycles. The summed E-state index contributed by atoms with van der Waals surface area (Å²) < 4.78 is 1.41.